The second kappa shape index (κ2) is 8.25. The zero-order valence-corrected chi connectivity index (χ0v) is 16.2. The molecule has 2 nitrogen and oxygen atoms in total. The Balaban J connectivity index is 2.33. The summed E-state index contributed by atoms with van der Waals surface area (Å²) in [7, 11) is 6.88. The molecular weight excluding hydrogens is 324 g/mol. The molecule has 1 rings (SSSR count). The summed E-state index contributed by atoms with van der Waals surface area (Å²) in [5.41, 5.74) is 0.283. The Morgan fingerprint density at radius 3 is 1.20 bits per heavy atom. The molecule has 2 N–H and O–H groups in total. The third kappa shape index (κ3) is 9.47. The minimum absolute atomic E-state index is 0.142. The van der Waals surface area contributed by atoms with Crippen molar-refractivity contribution in [3.63, 3.8) is 0 Å². The fourth-order valence-corrected chi connectivity index (χ4v) is 5.20. The number of hydrogen-bond donors (Lipinski definition) is 2. The first kappa shape index (κ1) is 18.6. The second-order valence-corrected chi connectivity index (χ2v) is 10.5. The lowest BCUT2D eigenvalue weighted by atomic mass is 10.1. The van der Waals surface area contributed by atoms with Gasteiger partial charge >= 0.3 is 0 Å². The van der Waals surface area contributed by atoms with Crippen LogP contribution in [0, 0.1) is 0 Å². The van der Waals surface area contributed by atoms with Crippen LogP contribution in [0.25, 0.3) is 0 Å². The van der Waals surface area contributed by atoms with Crippen molar-refractivity contribution in [1.29, 1.82) is 0 Å². The fraction of sp³-hybridized carbons (Fsp3) is 0.571. The molecule has 0 amide bonds. The molecule has 0 aliphatic rings. The Bertz CT molecular complexity index is 354. The molecule has 0 aliphatic carbocycles. The van der Waals surface area contributed by atoms with Gasteiger partial charge in [0.15, 0.2) is 0 Å². The quantitative estimate of drug-likeness (QED) is 0.500. The van der Waals surface area contributed by atoms with E-state index in [0.717, 1.165) is 0 Å². The van der Waals surface area contributed by atoms with Gasteiger partial charge in [0.05, 0.1) is 0 Å². The molecular formula is C14H24N2S4. The van der Waals surface area contributed by atoms with Crippen LogP contribution in [-0.4, -0.2) is 11.1 Å². The Labute approximate surface area is 139 Å². The van der Waals surface area contributed by atoms with E-state index < -0.39 is 0 Å². The van der Waals surface area contributed by atoms with E-state index in [0.29, 0.717) is 0 Å². The van der Waals surface area contributed by atoms with Crippen LogP contribution in [-0.2, 0) is 0 Å². The van der Waals surface area contributed by atoms with E-state index >= 15 is 0 Å². The van der Waals surface area contributed by atoms with Crippen molar-refractivity contribution >= 4 is 43.5 Å². The molecule has 0 saturated heterocycles. The molecule has 0 aliphatic heterocycles. The summed E-state index contributed by atoms with van der Waals surface area (Å²) in [5, 5.41) is 0. The average Bonchev–Trinajstić information content (AvgIpc) is 2.28. The van der Waals surface area contributed by atoms with Crippen LogP contribution >= 0.6 is 43.5 Å². The normalized spacial score (nSPS) is 12.7. The third-order valence-corrected chi connectivity index (χ3v) is 6.44. The standard InChI is InChI=1S/C14H24N2S4/c1-13(2,3)15-19-17-11-7-9-12(10-8-11)18-20-16-14(4,5)6/h7-10,15-16H,1-6H3. The molecule has 6 heteroatoms. The minimum Gasteiger partial charge on any atom is -0.249 e. The largest absolute Gasteiger partial charge is 0.249 e. The molecule has 1 aromatic rings. The smallest absolute Gasteiger partial charge is 0.0206 e. The van der Waals surface area contributed by atoms with Crippen LogP contribution in [0.2, 0.25) is 0 Å². The maximum absolute atomic E-state index is 3.40. The van der Waals surface area contributed by atoms with Crippen LogP contribution in [0.4, 0.5) is 0 Å². The summed E-state index contributed by atoms with van der Waals surface area (Å²) >= 11 is 0. The van der Waals surface area contributed by atoms with Crippen molar-refractivity contribution in [3.8, 4) is 0 Å². The zero-order valence-electron chi connectivity index (χ0n) is 12.9. The van der Waals surface area contributed by atoms with Gasteiger partial charge in [-0.05, 0) is 109 Å². The Morgan fingerprint density at radius 2 is 0.950 bits per heavy atom. The SMILES string of the molecule is CC(C)(C)NSSc1ccc(SSNC(C)(C)C)cc1. The van der Waals surface area contributed by atoms with Gasteiger partial charge in [-0.1, -0.05) is 0 Å². The third-order valence-electron chi connectivity index (χ3n) is 1.80. The molecule has 114 valence electrons. The van der Waals surface area contributed by atoms with Gasteiger partial charge in [-0.2, -0.15) is 0 Å². The monoisotopic (exact) mass is 348 g/mol. The first-order valence-corrected chi connectivity index (χ1v) is 10.8. The summed E-state index contributed by atoms with van der Waals surface area (Å²) in [4.78, 5) is 2.54. The molecule has 0 bridgehead atoms. The van der Waals surface area contributed by atoms with Gasteiger partial charge in [0.2, 0.25) is 0 Å². The Hall–Kier alpha value is 0.540. The van der Waals surface area contributed by atoms with E-state index in [1.54, 1.807) is 43.5 Å². The number of hydrogen-bond acceptors (Lipinski definition) is 6. The molecule has 0 heterocycles. The van der Waals surface area contributed by atoms with Crippen molar-refractivity contribution in [2.75, 3.05) is 0 Å². The fourth-order valence-electron chi connectivity index (χ4n) is 0.939. The highest BCUT2D eigenvalue weighted by molar-refractivity contribution is 8.76. The van der Waals surface area contributed by atoms with Crippen LogP contribution in [0.15, 0.2) is 34.1 Å². The topological polar surface area (TPSA) is 24.1 Å². The molecule has 0 saturated carbocycles. The van der Waals surface area contributed by atoms with Crippen LogP contribution in [0.1, 0.15) is 41.5 Å². The van der Waals surface area contributed by atoms with E-state index in [9.17, 15) is 0 Å². The highest BCUT2D eigenvalue weighted by atomic mass is 33.1. The van der Waals surface area contributed by atoms with Gasteiger partial charge in [-0.25, -0.2) is 9.44 Å². The van der Waals surface area contributed by atoms with E-state index in [2.05, 4.69) is 75.3 Å². The van der Waals surface area contributed by atoms with Crippen LogP contribution in [0.3, 0.4) is 0 Å². The summed E-state index contributed by atoms with van der Waals surface area (Å²) in [6.45, 7) is 13.0. The molecule has 0 atom stereocenters. The maximum atomic E-state index is 3.40. The molecule has 0 fully saturated rings. The number of rotatable bonds is 6. The van der Waals surface area contributed by atoms with Gasteiger partial charge in [0.25, 0.3) is 0 Å². The van der Waals surface area contributed by atoms with Gasteiger partial charge < -0.3 is 0 Å². The van der Waals surface area contributed by atoms with E-state index in [1.807, 2.05) is 0 Å². The van der Waals surface area contributed by atoms with E-state index in [4.69, 9.17) is 0 Å². The first-order valence-electron chi connectivity index (χ1n) is 6.47. The van der Waals surface area contributed by atoms with Gasteiger partial charge in [0, 0.05) is 20.9 Å². The highest BCUT2D eigenvalue weighted by Gasteiger charge is 2.10. The van der Waals surface area contributed by atoms with E-state index in [-0.39, 0.29) is 11.1 Å². The number of nitrogens with one attached hydrogen (secondary N) is 2. The molecule has 0 unspecified atom stereocenters. The molecule has 0 aromatic heterocycles. The summed E-state index contributed by atoms with van der Waals surface area (Å²) in [6.07, 6.45) is 0. The highest BCUT2D eigenvalue weighted by Crippen LogP contribution is 2.34. The van der Waals surface area contributed by atoms with E-state index in [1.165, 1.54) is 9.79 Å². The second-order valence-electron chi connectivity index (χ2n) is 6.51. The summed E-state index contributed by atoms with van der Waals surface area (Å²) < 4.78 is 6.79. The molecule has 0 spiro atoms. The van der Waals surface area contributed by atoms with Crippen molar-refractivity contribution in [2.45, 2.75) is 62.4 Å². The van der Waals surface area contributed by atoms with Crippen molar-refractivity contribution in [3.05, 3.63) is 24.3 Å². The first-order chi connectivity index (χ1) is 9.16. The molecule has 0 radical (unpaired) electrons. The van der Waals surface area contributed by atoms with Gasteiger partial charge in [0.1, 0.15) is 0 Å². The summed E-state index contributed by atoms with van der Waals surface area (Å²) in [5.74, 6) is 0. The number of benzene rings is 1. The zero-order chi connectivity index (χ0) is 15.2. The Morgan fingerprint density at radius 1 is 0.650 bits per heavy atom. The lowest BCUT2D eigenvalue weighted by molar-refractivity contribution is 0.537. The van der Waals surface area contributed by atoms with Crippen molar-refractivity contribution < 1.29 is 0 Å². The van der Waals surface area contributed by atoms with Crippen molar-refractivity contribution in [2.24, 2.45) is 0 Å². The van der Waals surface area contributed by atoms with Crippen LogP contribution < -0.4 is 9.44 Å². The molecule has 20 heavy (non-hydrogen) atoms. The van der Waals surface area contributed by atoms with Gasteiger partial charge in [-0.15, -0.1) is 0 Å². The Kier molecular flexibility index (Phi) is 7.66. The lowest BCUT2D eigenvalue weighted by Crippen LogP contribution is -2.29. The van der Waals surface area contributed by atoms with Gasteiger partial charge in [-0.3, -0.25) is 0 Å². The summed E-state index contributed by atoms with van der Waals surface area (Å²) in [6, 6.07) is 8.67. The molecule has 1 aromatic carbocycles. The maximum Gasteiger partial charge on any atom is 0.0206 e. The van der Waals surface area contributed by atoms with Crippen LogP contribution in [0.5, 0.6) is 0 Å². The lowest BCUT2D eigenvalue weighted by Gasteiger charge is -2.19. The van der Waals surface area contributed by atoms with Crippen molar-refractivity contribution in [1.82, 2.24) is 9.44 Å². The predicted octanol–water partition coefficient (Wildman–Crippen LogP) is 5.77. The minimum atomic E-state index is 0.142. The average molecular weight is 349 g/mol. The predicted molar refractivity (Wildman–Crippen MR) is 99.1 cm³/mol.